The summed E-state index contributed by atoms with van der Waals surface area (Å²) in [5.41, 5.74) is -0.508. The van der Waals surface area contributed by atoms with E-state index in [0.29, 0.717) is 11.6 Å². The van der Waals surface area contributed by atoms with Crippen LogP contribution in [0.3, 0.4) is 0 Å². The van der Waals surface area contributed by atoms with E-state index < -0.39 is 11.7 Å². The molecule has 1 heterocycles. The van der Waals surface area contributed by atoms with Crippen molar-refractivity contribution < 1.29 is 9.53 Å². The molecule has 0 atom stereocenters. The van der Waals surface area contributed by atoms with Gasteiger partial charge in [-0.2, -0.15) is 0 Å². The summed E-state index contributed by atoms with van der Waals surface area (Å²) in [6, 6.07) is 1.61. The van der Waals surface area contributed by atoms with Crippen molar-refractivity contribution in [1.82, 2.24) is 9.97 Å². The minimum Gasteiger partial charge on any atom is -0.444 e. The Hall–Kier alpha value is -1.65. The summed E-state index contributed by atoms with van der Waals surface area (Å²) in [7, 11) is 0. The number of nitrogens with zero attached hydrogens (tertiary/aromatic N) is 2. The van der Waals surface area contributed by atoms with Crippen LogP contribution in [0.25, 0.3) is 0 Å². The molecule has 0 aliphatic carbocycles. The van der Waals surface area contributed by atoms with Crippen molar-refractivity contribution in [3.8, 4) is 0 Å². The maximum atomic E-state index is 11.3. The summed E-state index contributed by atoms with van der Waals surface area (Å²) in [5, 5.41) is 2.53. The number of hydrogen-bond donors (Lipinski definition) is 1. The number of aromatic nitrogens is 2. The average Bonchev–Trinajstić information content (AvgIpc) is 1.99. The van der Waals surface area contributed by atoms with Gasteiger partial charge < -0.3 is 4.74 Å². The van der Waals surface area contributed by atoms with Crippen LogP contribution in [-0.2, 0) is 4.74 Å². The lowest BCUT2D eigenvalue weighted by Crippen LogP contribution is -2.27. The maximum Gasteiger partial charge on any atom is 0.413 e. The van der Waals surface area contributed by atoms with Gasteiger partial charge in [0.05, 0.1) is 0 Å². The Kier molecular flexibility index (Phi) is 3.24. The molecule has 0 aliphatic rings. The molecule has 1 aromatic rings. The van der Waals surface area contributed by atoms with E-state index in [9.17, 15) is 4.79 Å². The number of ether oxygens (including phenoxy) is 1. The average molecular weight is 209 g/mol. The largest absolute Gasteiger partial charge is 0.444 e. The molecule has 0 saturated carbocycles. The van der Waals surface area contributed by atoms with E-state index in [1.165, 1.54) is 0 Å². The molecule has 0 saturated heterocycles. The molecule has 0 fully saturated rings. The first kappa shape index (κ1) is 11.4. The molecular weight excluding hydrogens is 194 g/mol. The van der Waals surface area contributed by atoms with Crippen molar-refractivity contribution in [2.45, 2.75) is 33.3 Å². The van der Waals surface area contributed by atoms with Crippen molar-refractivity contribution in [3.05, 3.63) is 18.1 Å². The van der Waals surface area contributed by atoms with Crippen LogP contribution in [0.4, 0.5) is 10.6 Å². The van der Waals surface area contributed by atoms with Crippen LogP contribution in [0.2, 0.25) is 0 Å². The van der Waals surface area contributed by atoms with Crippen LogP contribution in [0.1, 0.15) is 26.6 Å². The first-order valence-electron chi connectivity index (χ1n) is 4.66. The lowest BCUT2D eigenvalue weighted by molar-refractivity contribution is 0.0635. The Morgan fingerprint density at radius 2 is 2.13 bits per heavy atom. The normalized spacial score (nSPS) is 10.9. The topological polar surface area (TPSA) is 64.1 Å². The fourth-order valence-electron chi connectivity index (χ4n) is 0.934. The lowest BCUT2D eigenvalue weighted by atomic mass is 10.2. The summed E-state index contributed by atoms with van der Waals surface area (Å²) < 4.78 is 5.07. The molecule has 0 bridgehead atoms. The smallest absolute Gasteiger partial charge is 0.413 e. The van der Waals surface area contributed by atoms with Gasteiger partial charge in [0.25, 0.3) is 0 Å². The van der Waals surface area contributed by atoms with Gasteiger partial charge in [-0.25, -0.2) is 14.8 Å². The summed E-state index contributed by atoms with van der Waals surface area (Å²) in [6.07, 6.45) is 1.07. The van der Waals surface area contributed by atoms with E-state index in [-0.39, 0.29) is 0 Å². The molecule has 5 heteroatoms. The van der Waals surface area contributed by atoms with Gasteiger partial charge in [0.15, 0.2) is 0 Å². The molecule has 1 N–H and O–H groups in total. The van der Waals surface area contributed by atoms with E-state index in [1.807, 2.05) is 0 Å². The number of anilines is 1. The Bertz CT molecular complexity index is 358. The zero-order valence-electron chi connectivity index (χ0n) is 9.37. The van der Waals surface area contributed by atoms with Crippen molar-refractivity contribution in [3.63, 3.8) is 0 Å². The molecule has 82 valence electrons. The van der Waals surface area contributed by atoms with Crippen LogP contribution in [0, 0.1) is 6.92 Å². The number of rotatable bonds is 1. The lowest BCUT2D eigenvalue weighted by Gasteiger charge is -2.19. The monoisotopic (exact) mass is 209 g/mol. The Morgan fingerprint density at radius 1 is 1.47 bits per heavy atom. The van der Waals surface area contributed by atoms with Gasteiger partial charge >= 0.3 is 6.09 Å². The third-order valence-corrected chi connectivity index (χ3v) is 1.41. The molecule has 0 aromatic carbocycles. The van der Waals surface area contributed by atoms with Crippen molar-refractivity contribution in [1.29, 1.82) is 0 Å². The molecule has 5 nitrogen and oxygen atoms in total. The third kappa shape index (κ3) is 4.39. The minimum absolute atomic E-state index is 0.441. The standard InChI is InChI=1S/C10H15N3O2/c1-7-11-6-5-8(12-7)13-9(14)15-10(2,3)4/h5-6H,1-4H3,(H,11,12,13,14). The van der Waals surface area contributed by atoms with Crippen molar-refractivity contribution in [2.75, 3.05) is 5.32 Å². The SMILES string of the molecule is Cc1nccc(NC(=O)OC(C)(C)C)n1. The fourth-order valence-corrected chi connectivity index (χ4v) is 0.934. The molecule has 15 heavy (non-hydrogen) atoms. The number of carbonyl (C=O) groups is 1. The Balaban J connectivity index is 2.59. The molecule has 0 spiro atoms. The van der Waals surface area contributed by atoms with Crippen molar-refractivity contribution in [2.24, 2.45) is 0 Å². The van der Waals surface area contributed by atoms with Gasteiger partial charge in [-0.1, -0.05) is 0 Å². The second kappa shape index (κ2) is 4.25. The third-order valence-electron chi connectivity index (χ3n) is 1.41. The maximum absolute atomic E-state index is 11.3. The summed E-state index contributed by atoms with van der Waals surface area (Å²) in [5.74, 6) is 1.04. The quantitative estimate of drug-likeness (QED) is 0.769. The molecule has 0 aliphatic heterocycles. The molecule has 0 radical (unpaired) electrons. The van der Waals surface area contributed by atoms with Gasteiger partial charge in [0, 0.05) is 6.20 Å². The summed E-state index contributed by atoms with van der Waals surface area (Å²) >= 11 is 0. The summed E-state index contributed by atoms with van der Waals surface area (Å²) in [4.78, 5) is 19.3. The second-order valence-corrected chi connectivity index (χ2v) is 4.12. The summed E-state index contributed by atoms with van der Waals surface area (Å²) in [6.45, 7) is 7.16. The first-order valence-corrected chi connectivity index (χ1v) is 4.66. The number of nitrogens with one attached hydrogen (secondary N) is 1. The highest BCUT2D eigenvalue weighted by molar-refractivity contribution is 5.83. The predicted molar refractivity (Wildman–Crippen MR) is 56.6 cm³/mol. The highest BCUT2D eigenvalue weighted by Gasteiger charge is 2.16. The highest BCUT2D eigenvalue weighted by atomic mass is 16.6. The van der Waals surface area contributed by atoms with Gasteiger partial charge in [0.2, 0.25) is 0 Å². The zero-order chi connectivity index (χ0) is 11.5. The zero-order valence-corrected chi connectivity index (χ0v) is 9.37. The number of aryl methyl sites for hydroxylation is 1. The van der Waals surface area contributed by atoms with Crippen LogP contribution < -0.4 is 5.32 Å². The fraction of sp³-hybridized carbons (Fsp3) is 0.500. The highest BCUT2D eigenvalue weighted by Crippen LogP contribution is 2.09. The number of amides is 1. The van der Waals surface area contributed by atoms with E-state index in [2.05, 4.69) is 15.3 Å². The van der Waals surface area contributed by atoms with Gasteiger partial charge in [-0.3, -0.25) is 5.32 Å². The van der Waals surface area contributed by atoms with Crippen LogP contribution in [0.15, 0.2) is 12.3 Å². The van der Waals surface area contributed by atoms with E-state index >= 15 is 0 Å². The van der Waals surface area contributed by atoms with Crippen LogP contribution >= 0.6 is 0 Å². The second-order valence-electron chi connectivity index (χ2n) is 4.12. The van der Waals surface area contributed by atoms with E-state index in [1.54, 1.807) is 40.0 Å². The first-order chi connectivity index (χ1) is 6.87. The van der Waals surface area contributed by atoms with E-state index in [4.69, 9.17) is 4.74 Å². The van der Waals surface area contributed by atoms with Crippen LogP contribution in [-0.4, -0.2) is 21.7 Å². The van der Waals surface area contributed by atoms with Crippen LogP contribution in [0.5, 0.6) is 0 Å². The Labute approximate surface area is 88.9 Å². The minimum atomic E-state index is -0.513. The Morgan fingerprint density at radius 3 is 2.67 bits per heavy atom. The van der Waals surface area contributed by atoms with E-state index in [0.717, 1.165) is 0 Å². The number of carbonyl (C=O) groups excluding carboxylic acids is 1. The predicted octanol–water partition coefficient (Wildman–Crippen LogP) is 2.13. The number of hydrogen-bond acceptors (Lipinski definition) is 4. The van der Waals surface area contributed by atoms with Gasteiger partial charge in [0.1, 0.15) is 17.2 Å². The van der Waals surface area contributed by atoms with Gasteiger partial charge in [-0.15, -0.1) is 0 Å². The molecule has 1 amide bonds. The molecular formula is C10H15N3O2. The van der Waals surface area contributed by atoms with Crippen molar-refractivity contribution >= 4 is 11.9 Å². The molecule has 1 rings (SSSR count). The molecule has 1 aromatic heterocycles. The molecule has 0 unspecified atom stereocenters. The van der Waals surface area contributed by atoms with Gasteiger partial charge in [-0.05, 0) is 33.8 Å².